The van der Waals surface area contributed by atoms with E-state index in [2.05, 4.69) is 15.0 Å². The molecule has 1 N–H and O–H groups in total. The molecule has 0 atom stereocenters. The van der Waals surface area contributed by atoms with Crippen LogP contribution < -0.4 is 0 Å². The van der Waals surface area contributed by atoms with Crippen LogP contribution in [0.4, 0.5) is 13.2 Å². The van der Waals surface area contributed by atoms with Crippen LogP contribution in [0.25, 0.3) is 11.5 Å². The molecule has 0 aromatic carbocycles. The number of rotatable bonds is 2. The quantitative estimate of drug-likeness (QED) is 0.906. The lowest BCUT2D eigenvalue weighted by Crippen LogP contribution is -2.17. The fourth-order valence-corrected chi connectivity index (χ4v) is 1.91. The Morgan fingerprint density at radius 3 is 2.38 bits per heavy atom. The number of aromatic nitrogens is 3. The van der Waals surface area contributed by atoms with Crippen LogP contribution in [0, 0.1) is 0 Å². The molecule has 110 valence electrons. The number of halogens is 5. The maximum atomic E-state index is 12.8. The molecule has 5 nitrogen and oxygen atoms in total. The number of nitrogens with zero attached hydrogens (tertiary/aromatic N) is 3. The zero-order valence-electron chi connectivity index (χ0n) is 9.82. The third kappa shape index (κ3) is 3.22. The van der Waals surface area contributed by atoms with Crippen molar-refractivity contribution in [1.82, 2.24) is 15.0 Å². The van der Waals surface area contributed by atoms with Crippen LogP contribution in [0.2, 0.25) is 10.0 Å². The second kappa shape index (κ2) is 5.45. The van der Waals surface area contributed by atoms with Crippen LogP contribution in [0.3, 0.4) is 0 Å². The van der Waals surface area contributed by atoms with Crippen LogP contribution in [0.1, 0.15) is 16.1 Å². The zero-order valence-corrected chi connectivity index (χ0v) is 11.3. The highest BCUT2D eigenvalue weighted by atomic mass is 35.5. The molecule has 0 fully saturated rings. The van der Waals surface area contributed by atoms with Gasteiger partial charge in [0.25, 0.3) is 0 Å². The van der Waals surface area contributed by atoms with Gasteiger partial charge < -0.3 is 5.11 Å². The van der Waals surface area contributed by atoms with E-state index in [0.717, 1.165) is 6.20 Å². The normalized spacial score (nSPS) is 11.5. The van der Waals surface area contributed by atoms with E-state index < -0.39 is 29.2 Å². The van der Waals surface area contributed by atoms with Crippen molar-refractivity contribution in [3.63, 3.8) is 0 Å². The van der Waals surface area contributed by atoms with Crippen molar-refractivity contribution in [1.29, 1.82) is 0 Å². The second-order valence-electron chi connectivity index (χ2n) is 3.74. The predicted molar refractivity (Wildman–Crippen MR) is 67.2 cm³/mol. The van der Waals surface area contributed by atoms with Crippen molar-refractivity contribution in [3.05, 3.63) is 39.8 Å². The summed E-state index contributed by atoms with van der Waals surface area (Å²) in [6.07, 6.45) is -3.24. The molecule has 2 aromatic heterocycles. The van der Waals surface area contributed by atoms with Gasteiger partial charge in [-0.15, -0.1) is 0 Å². The number of carbonyl (C=O) groups is 1. The van der Waals surface area contributed by atoms with Gasteiger partial charge in [-0.05, 0) is 6.07 Å². The summed E-state index contributed by atoms with van der Waals surface area (Å²) in [6.45, 7) is 0. The van der Waals surface area contributed by atoms with Gasteiger partial charge in [0.15, 0.2) is 11.5 Å². The molecule has 0 unspecified atom stereocenters. The number of alkyl halides is 3. The van der Waals surface area contributed by atoms with E-state index >= 15 is 0 Å². The average molecular weight is 338 g/mol. The molecule has 2 aromatic rings. The standard InChI is InChI=1S/C11H4Cl2F3N3O2/c12-4-1-6(13)7(17-2-4)9-18-3-5(10(20)21)8(19-9)11(14,15)16/h1-3H,(H,20,21). The van der Waals surface area contributed by atoms with Crippen molar-refractivity contribution in [2.24, 2.45) is 0 Å². The SMILES string of the molecule is O=C(O)c1cnc(-c2ncc(Cl)cc2Cl)nc1C(F)(F)F. The molecular weight excluding hydrogens is 334 g/mol. The van der Waals surface area contributed by atoms with E-state index in [1.165, 1.54) is 6.07 Å². The number of carboxylic acid groups (broad SMARTS) is 1. The Bertz CT molecular complexity index is 722. The van der Waals surface area contributed by atoms with Gasteiger partial charge in [-0.25, -0.2) is 19.7 Å². The first-order valence-corrected chi connectivity index (χ1v) is 5.94. The lowest BCUT2D eigenvalue weighted by Gasteiger charge is -2.10. The Morgan fingerprint density at radius 1 is 1.19 bits per heavy atom. The Morgan fingerprint density at radius 2 is 1.86 bits per heavy atom. The molecular formula is C11H4Cl2F3N3O2. The maximum absolute atomic E-state index is 12.8. The maximum Gasteiger partial charge on any atom is 0.434 e. The van der Waals surface area contributed by atoms with Gasteiger partial charge in [-0.3, -0.25) is 0 Å². The molecule has 0 radical (unpaired) electrons. The molecule has 10 heteroatoms. The third-order valence-electron chi connectivity index (χ3n) is 2.31. The van der Waals surface area contributed by atoms with Crippen molar-refractivity contribution < 1.29 is 23.1 Å². The van der Waals surface area contributed by atoms with Gasteiger partial charge in [0.1, 0.15) is 11.3 Å². The smallest absolute Gasteiger partial charge is 0.434 e. The van der Waals surface area contributed by atoms with Crippen LogP contribution in [-0.4, -0.2) is 26.0 Å². The molecule has 0 saturated heterocycles. The van der Waals surface area contributed by atoms with Crippen molar-refractivity contribution in [2.45, 2.75) is 6.18 Å². The Kier molecular flexibility index (Phi) is 4.02. The lowest BCUT2D eigenvalue weighted by molar-refractivity contribution is -0.141. The largest absolute Gasteiger partial charge is 0.478 e. The Labute approximate surface area is 125 Å². The van der Waals surface area contributed by atoms with Crippen LogP contribution in [0.15, 0.2) is 18.5 Å². The van der Waals surface area contributed by atoms with E-state index in [1.807, 2.05) is 0 Å². The van der Waals surface area contributed by atoms with E-state index in [-0.39, 0.29) is 15.7 Å². The van der Waals surface area contributed by atoms with Gasteiger partial charge in [0.2, 0.25) is 0 Å². The van der Waals surface area contributed by atoms with E-state index in [1.54, 1.807) is 0 Å². The first kappa shape index (κ1) is 15.5. The minimum absolute atomic E-state index is 0.0568. The summed E-state index contributed by atoms with van der Waals surface area (Å²) in [5.41, 5.74) is -2.77. The summed E-state index contributed by atoms with van der Waals surface area (Å²) in [4.78, 5) is 21.3. The van der Waals surface area contributed by atoms with Gasteiger partial charge in [-0.1, -0.05) is 23.2 Å². The third-order valence-corrected chi connectivity index (χ3v) is 2.80. The summed E-state index contributed by atoms with van der Waals surface area (Å²) in [6, 6.07) is 1.26. The highest BCUT2D eigenvalue weighted by Crippen LogP contribution is 2.32. The van der Waals surface area contributed by atoms with Crippen LogP contribution in [-0.2, 0) is 6.18 Å². The highest BCUT2D eigenvalue weighted by Gasteiger charge is 2.38. The van der Waals surface area contributed by atoms with E-state index in [0.29, 0.717) is 6.20 Å². The molecule has 0 amide bonds. The molecule has 0 spiro atoms. The van der Waals surface area contributed by atoms with Gasteiger partial charge in [-0.2, -0.15) is 13.2 Å². The van der Waals surface area contributed by atoms with E-state index in [4.69, 9.17) is 28.3 Å². The summed E-state index contributed by atoms with van der Waals surface area (Å²) in [5, 5.41) is 8.87. The summed E-state index contributed by atoms with van der Waals surface area (Å²) in [7, 11) is 0. The molecule has 2 rings (SSSR count). The first-order chi connectivity index (χ1) is 9.70. The highest BCUT2D eigenvalue weighted by molar-refractivity contribution is 6.35. The number of aromatic carboxylic acids is 1. The zero-order chi connectivity index (χ0) is 15.8. The predicted octanol–water partition coefficient (Wildman–Crippen LogP) is 3.56. The molecule has 21 heavy (non-hydrogen) atoms. The molecule has 0 aliphatic carbocycles. The monoisotopic (exact) mass is 337 g/mol. The minimum atomic E-state index is -4.95. The number of carboxylic acids is 1. The summed E-state index contributed by atoms with van der Waals surface area (Å²) in [5.74, 6) is -2.24. The summed E-state index contributed by atoms with van der Waals surface area (Å²) >= 11 is 11.4. The fraction of sp³-hybridized carbons (Fsp3) is 0.0909. The molecule has 2 heterocycles. The van der Waals surface area contributed by atoms with Gasteiger partial charge in [0.05, 0.1) is 10.0 Å². The second-order valence-corrected chi connectivity index (χ2v) is 4.59. The Hall–Kier alpha value is -1.93. The molecule has 0 aliphatic rings. The number of pyridine rings is 1. The van der Waals surface area contributed by atoms with Crippen molar-refractivity contribution in [2.75, 3.05) is 0 Å². The van der Waals surface area contributed by atoms with Crippen molar-refractivity contribution in [3.8, 4) is 11.5 Å². The average Bonchev–Trinajstić information content (AvgIpc) is 2.37. The topological polar surface area (TPSA) is 76.0 Å². The number of hydrogen-bond donors (Lipinski definition) is 1. The fourth-order valence-electron chi connectivity index (χ4n) is 1.45. The molecule has 0 aliphatic heterocycles. The molecule has 0 bridgehead atoms. The lowest BCUT2D eigenvalue weighted by atomic mass is 10.2. The van der Waals surface area contributed by atoms with Crippen LogP contribution in [0.5, 0.6) is 0 Å². The summed E-state index contributed by atoms with van der Waals surface area (Å²) < 4.78 is 38.5. The van der Waals surface area contributed by atoms with Crippen LogP contribution >= 0.6 is 23.2 Å². The first-order valence-electron chi connectivity index (χ1n) is 5.19. The van der Waals surface area contributed by atoms with Gasteiger partial charge in [0, 0.05) is 12.4 Å². The Balaban J connectivity index is 2.64. The van der Waals surface area contributed by atoms with Gasteiger partial charge >= 0.3 is 12.1 Å². The molecule has 0 saturated carbocycles. The number of hydrogen-bond acceptors (Lipinski definition) is 4. The van der Waals surface area contributed by atoms with Crippen molar-refractivity contribution >= 4 is 29.2 Å². The minimum Gasteiger partial charge on any atom is -0.478 e. The van der Waals surface area contributed by atoms with E-state index in [9.17, 15) is 18.0 Å².